The normalized spacial score (nSPS) is 18.9. The van der Waals surface area contributed by atoms with Gasteiger partial charge in [0.15, 0.2) is 5.96 Å². The average molecular weight is 468 g/mol. The Hall–Kier alpha value is -0.730. The van der Waals surface area contributed by atoms with Crippen LogP contribution in [0.3, 0.4) is 0 Å². The van der Waals surface area contributed by atoms with Crippen molar-refractivity contribution in [3.63, 3.8) is 0 Å². The topological polar surface area (TPSA) is 46.1 Å². The summed E-state index contributed by atoms with van der Waals surface area (Å²) in [4.78, 5) is 6.64. The van der Waals surface area contributed by atoms with Crippen molar-refractivity contribution in [2.75, 3.05) is 40.4 Å². The maximum absolute atomic E-state index is 6.12. The van der Waals surface area contributed by atoms with Gasteiger partial charge in [-0.3, -0.25) is 4.99 Å². The highest BCUT2D eigenvalue weighted by molar-refractivity contribution is 14.0. The third-order valence-electron chi connectivity index (χ3n) is 3.91. The Morgan fingerprint density at radius 2 is 2.21 bits per heavy atom. The fourth-order valence-corrected chi connectivity index (χ4v) is 2.94. The predicted octanol–water partition coefficient (Wildman–Crippen LogP) is 3.27. The van der Waals surface area contributed by atoms with Crippen molar-refractivity contribution < 1.29 is 9.47 Å². The molecule has 0 aliphatic carbocycles. The van der Waals surface area contributed by atoms with Crippen molar-refractivity contribution in [2.45, 2.75) is 19.4 Å². The molecule has 7 heteroatoms. The molecule has 1 saturated heterocycles. The van der Waals surface area contributed by atoms with Crippen LogP contribution in [0.5, 0.6) is 5.75 Å². The lowest BCUT2D eigenvalue weighted by Crippen LogP contribution is -2.43. The van der Waals surface area contributed by atoms with Crippen molar-refractivity contribution in [3.05, 3.63) is 29.3 Å². The zero-order chi connectivity index (χ0) is 16.7. The molecular weight excluding hydrogens is 441 g/mol. The van der Waals surface area contributed by atoms with Gasteiger partial charge in [-0.15, -0.1) is 24.0 Å². The Morgan fingerprint density at radius 3 is 2.88 bits per heavy atom. The van der Waals surface area contributed by atoms with Gasteiger partial charge in [0.1, 0.15) is 11.9 Å². The highest BCUT2D eigenvalue weighted by atomic mass is 127. The standard InChI is InChI=1S/C17H26ClN3O2.HI/c1-13(23-16-7-5-4-6-15(16)18)10-20-17(19-2)21-9-8-14(11-21)12-22-3;/h4-7,13-14H,8-12H2,1-3H3,(H,19,20);1H. The maximum atomic E-state index is 6.12. The number of hydrogen-bond donors (Lipinski definition) is 1. The lowest BCUT2D eigenvalue weighted by atomic mass is 10.1. The number of para-hydroxylation sites is 1. The first-order chi connectivity index (χ1) is 11.1. The van der Waals surface area contributed by atoms with Gasteiger partial charge in [-0.05, 0) is 25.5 Å². The average Bonchev–Trinajstić information content (AvgIpc) is 2.99. The highest BCUT2D eigenvalue weighted by Crippen LogP contribution is 2.24. The van der Waals surface area contributed by atoms with Gasteiger partial charge in [-0.25, -0.2) is 0 Å². The molecule has 1 N–H and O–H groups in total. The minimum Gasteiger partial charge on any atom is -0.487 e. The van der Waals surface area contributed by atoms with E-state index in [4.69, 9.17) is 21.1 Å². The van der Waals surface area contributed by atoms with E-state index in [1.165, 1.54) is 0 Å². The minimum absolute atomic E-state index is 0. The summed E-state index contributed by atoms with van der Waals surface area (Å²) in [5.74, 6) is 2.20. The number of nitrogens with one attached hydrogen (secondary N) is 1. The van der Waals surface area contributed by atoms with Gasteiger partial charge in [0.05, 0.1) is 18.2 Å². The van der Waals surface area contributed by atoms with E-state index >= 15 is 0 Å². The molecule has 1 aromatic carbocycles. The number of hydrogen-bond acceptors (Lipinski definition) is 3. The second-order valence-corrected chi connectivity index (χ2v) is 6.25. The van der Waals surface area contributed by atoms with Crippen LogP contribution in [-0.4, -0.2) is 57.4 Å². The van der Waals surface area contributed by atoms with E-state index in [0.29, 0.717) is 23.2 Å². The second-order valence-electron chi connectivity index (χ2n) is 5.84. The summed E-state index contributed by atoms with van der Waals surface area (Å²) in [6.07, 6.45) is 1.13. The van der Waals surface area contributed by atoms with Gasteiger partial charge in [0, 0.05) is 33.2 Å². The van der Waals surface area contributed by atoms with Gasteiger partial charge in [0.2, 0.25) is 0 Å². The van der Waals surface area contributed by atoms with Crippen LogP contribution < -0.4 is 10.1 Å². The van der Waals surface area contributed by atoms with Crippen molar-refractivity contribution in [1.82, 2.24) is 10.2 Å². The summed E-state index contributed by atoms with van der Waals surface area (Å²) in [6, 6.07) is 7.52. The third-order valence-corrected chi connectivity index (χ3v) is 4.22. The second kappa shape index (κ2) is 11.0. The summed E-state index contributed by atoms with van der Waals surface area (Å²) in [7, 11) is 3.56. The molecule has 2 rings (SSSR count). The molecule has 0 amide bonds. The van der Waals surface area contributed by atoms with Crippen LogP contribution in [0.15, 0.2) is 29.3 Å². The number of nitrogens with zero attached hydrogens (tertiary/aromatic N) is 2. The Bertz CT molecular complexity index is 530. The molecule has 2 unspecified atom stereocenters. The zero-order valence-corrected chi connectivity index (χ0v) is 17.6. The molecule has 0 bridgehead atoms. The Kier molecular flexibility index (Phi) is 9.76. The molecule has 1 aromatic rings. The van der Waals surface area contributed by atoms with E-state index in [1.807, 2.05) is 38.2 Å². The van der Waals surface area contributed by atoms with Gasteiger partial charge in [-0.1, -0.05) is 23.7 Å². The first kappa shape index (κ1) is 21.3. The number of likely N-dealkylation sites (tertiary alicyclic amines) is 1. The van der Waals surface area contributed by atoms with E-state index in [1.54, 1.807) is 7.11 Å². The lowest BCUT2D eigenvalue weighted by Gasteiger charge is -2.24. The summed E-state index contributed by atoms with van der Waals surface area (Å²) >= 11 is 6.12. The Balaban J connectivity index is 0.00000288. The highest BCUT2D eigenvalue weighted by Gasteiger charge is 2.24. The van der Waals surface area contributed by atoms with Gasteiger partial charge < -0.3 is 19.7 Å². The summed E-state index contributed by atoms with van der Waals surface area (Å²) in [5.41, 5.74) is 0. The minimum atomic E-state index is -0.0102. The molecule has 24 heavy (non-hydrogen) atoms. The van der Waals surface area contributed by atoms with Crippen LogP contribution in [0.2, 0.25) is 5.02 Å². The molecule has 136 valence electrons. The predicted molar refractivity (Wildman–Crippen MR) is 110 cm³/mol. The Labute approximate surface area is 166 Å². The zero-order valence-electron chi connectivity index (χ0n) is 14.5. The number of benzene rings is 1. The quantitative estimate of drug-likeness (QED) is 0.396. The molecule has 0 aromatic heterocycles. The van der Waals surface area contributed by atoms with E-state index in [2.05, 4.69) is 15.2 Å². The molecule has 0 radical (unpaired) electrons. The van der Waals surface area contributed by atoms with Gasteiger partial charge >= 0.3 is 0 Å². The lowest BCUT2D eigenvalue weighted by molar-refractivity contribution is 0.157. The van der Waals surface area contributed by atoms with Crippen LogP contribution in [0.4, 0.5) is 0 Å². The van der Waals surface area contributed by atoms with Crippen molar-refractivity contribution in [2.24, 2.45) is 10.9 Å². The monoisotopic (exact) mass is 467 g/mol. The largest absolute Gasteiger partial charge is 0.487 e. The van der Waals surface area contributed by atoms with E-state index in [9.17, 15) is 0 Å². The number of ether oxygens (including phenoxy) is 2. The molecule has 5 nitrogen and oxygen atoms in total. The summed E-state index contributed by atoms with van der Waals surface area (Å²) in [6.45, 7) is 5.48. The first-order valence-corrected chi connectivity index (χ1v) is 8.37. The fourth-order valence-electron chi connectivity index (χ4n) is 2.76. The number of guanidine groups is 1. The number of rotatable bonds is 6. The third kappa shape index (κ3) is 6.29. The van der Waals surface area contributed by atoms with Crippen LogP contribution >= 0.6 is 35.6 Å². The van der Waals surface area contributed by atoms with E-state index in [-0.39, 0.29) is 30.1 Å². The molecule has 1 fully saturated rings. The molecule has 1 aliphatic heterocycles. The van der Waals surface area contributed by atoms with Crippen LogP contribution in [0.25, 0.3) is 0 Å². The van der Waals surface area contributed by atoms with Crippen molar-refractivity contribution in [1.29, 1.82) is 0 Å². The fraction of sp³-hybridized carbons (Fsp3) is 0.588. The molecule has 1 heterocycles. The van der Waals surface area contributed by atoms with Crippen LogP contribution in [-0.2, 0) is 4.74 Å². The number of halogens is 2. The van der Waals surface area contributed by atoms with Crippen molar-refractivity contribution >= 4 is 41.5 Å². The maximum Gasteiger partial charge on any atom is 0.193 e. The van der Waals surface area contributed by atoms with Gasteiger partial charge in [-0.2, -0.15) is 0 Å². The number of aliphatic imine (C=N–C) groups is 1. The molecule has 1 aliphatic rings. The first-order valence-electron chi connectivity index (χ1n) is 7.99. The van der Waals surface area contributed by atoms with Gasteiger partial charge in [0.25, 0.3) is 0 Å². The Morgan fingerprint density at radius 1 is 1.46 bits per heavy atom. The van der Waals surface area contributed by atoms with Crippen LogP contribution in [0, 0.1) is 5.92 Å². The summed E-state index contributed by atoms with van der Waals surface area (Å²) < 4.78 is 11.1. The van der Waals surface area contributed by atoms with E-state index in [0.717, 1.165) is 32.1 Å². The number of methoxy groups -OCH3 is 1. The van der Waals surface area contributed by atoms with Crippen LogP contribution in [0.1, 0.15) is 13.3 Å². The smallest absolute Gasteiger partial charge is 0.193 e. The SMILES string of the molecule is CN=C(NCC(C)Oc1ccccc1Cl)N1CCC(COC)C1.I. The molecular formula is C17H27ClIN3O2. The molecule has 2 atom stereocenters. The molecule has 0 spiro atoms. The van der Waals surface area contributed by atoms with Crippen molar-refractivity contribution in [3.8, 4) is 5.75 Å². The van der Waals surface area contributed by atoms with E-state index < -0.39 is 0 Å². The molecule has 0 saturated carbocycles. The summed E-state index contributed by atoms with van der Waals surface area (Å²) in [5, 5.41) is 4.01.